The Morgan fingerprint density at radius 2 is 1.92 bits per heavy atom. The fraction of sp³-hybridized carbons (Fsp3) is 0.615. The quantitative estimate of drug-likeness (QED) is 0.0441. The fourth-order valence-electron chi connectivity index (χ4n) is 6.71. The van der Waals surface area contributed by atoms with Gasteiger partial charge in [-0.05, 0) is 69.4 Å². The number of carbonyl (C=O) groups excluding carboxylic acids is 3. The SMILES string of the molecule is CCC(OC)C(C)C1OC1C(NCc1ccc(Cl)c(Cl)c1)C(C)(O)C=CC=C(C)C1OC(=O)CC(O)CCC(C)(O)C(OC(C)=O)C=CC1COC=O. The summed E-state index contributed by atoms with van der Waals surface area (Å²) in [7, 11) is 1.67. The van der Waals surface area contributed by atoms with E-state index in [4.69, 9.17) is 46.9 Å². The van der Waals surface area contributed by atoms with E-state index in [2.05, 4.69) is 12.2 Å². The highest BCUT2D eigenvalue weighted by Gasteiger charge is 2.54. The molecule has 14 heteroatoms. The summed E-state index contributed by atoms with van der Waals surface area (Å²) in [6.07, 6.45) is 4.65. The molecule has 1 aromatic carbocycles. The summed E-state index contributed by atoms with van der Waals surface area (Å²) < 4.78 is 28.2. The van der Waals surface area contributed by atoms with Crippen LogP contribution in [0.2, 0.25) is 10.0 Å². The van der Waals surface area contributed by atoms with Crippen molar-refractivity contribution >= 4 is 41.6 Å². The van der Waals surface area contributed by atoms with Crippen LogP contribution in [0.3, 0.4) is 0 Å². The first-order valence-electron chi connectivity index (χ1n) is 17.9. The third-order valence-corrected chi connectivity index (χ3v) is 10.6. The normalized spacial score (nSPS) is 29.9. The third kappa shape index (κ3) is 13.2. The Balaban J connectivity index is 1.96. The number of carbonyl (C=O) groups is 3. The Hall–Kier alpha value is -2.81. The number of rotatable bonds is 16. The van der Waals surface area contributed by atoms with Crippen LogP contribution in [0.5, 0.6) is 0 Å². The number of nitrogens with one attached hydrogen (secondary N) is 1. The number of aliphatic hydroxyl groups is 3. The maximum atomic E-state index is 13.0. The molecule has 11 atom stereocenters. The first kappa shape index (κ1) is 44.6. The standard InChI is InChI=1S/C39H55Cl2NO11/c1-8-31(49-7)24(3)35-36(53-35)37(42-20-26-11-13-29(40)30(41)18-26)39(6,48)16-9-10-23(2)34-27(21-50-22-43)12-14-32(51-25(4)44)38(5,47)17-15-28(45)19-33(46)52-34/h9-14,16,18,22,24,27-28,31-32,34-37,42,45,47-48H,8,15,17,19-21H2,1-7H3. The zero-order valence-electron chi connectivity index (χ0n) is 31.5. The van der Waals surface area contributed by atoms with Crippen LogP contribution in [0.4, 0.5) is 0 Å². The molecule has 2 heterocycles. The van der Waals surface area contributed by atoms with Crippen LogP contribution in [0.25, 0.3) is 0 Å². The first-order chi connectivity index (χ1) is 24.9. The van der Waals surface area contributed by atoms with Gasteiger partial charge in [-0.3, -0.25) is 14.4 Å². The number of methoxy groups -OCH3 is 1. The van der Waals surface area contributed by atoms with Gasteiger partial charge in [-0.2, -0.15) is 0 Å². The minimum Gasteiger partial charge on any atom is -0.467 e. The van der Waals surface area contributed by atoms with Gasteiger partial charge in [-0.15, -0.1) is 0 Å². The molecule has 3 rings (SSSR count). The Morgan fingerprint density at radius 3 is 2.55 bits per heavy atom. The van der Waals surface area contributed by atoms with E-state index < -0.39 is 53.4 Å². The van der Waals surface area contributed by atoms with Gasteiger partial charge in [0, 0.05) is 26.5 Å². The molecule has 53 heavy (non-hydrogen) atoms. The summed E-state index contributed by atoms with van der Waals surface area (Å²) in [6, 6.07) is 4.74. The summed E-state index contributed by atoms with van der Waals surface area (Å²) in [6.45, 7) is 10.6. The highest BCUT2D eigenvalue weighted by atomic mass is 35.5. The minimum absolute atomic E-state index is 0.0206. The van der Waals surface area contributed by atoms with Gasteiger partial charge in [0.25, 0.3) is 6.47 Å². The summed E-state index contributed by atoms with van der Waals surface area (Å²) in [5.41, 5.74) is -1.67. The molecule has 0 amide bonds. The molecule has 2 aliphatic heterocycles. The van der Waals surface area contributed by atoms with E-state index >= 15 is 0 Å². The molecule has 11 unspecified atom stereocenters. The molecule has 1 fully saturated rings. The van der Waals surface area contributed by atoms with E-state index in [0.29, 0.717) is 22.2 Å². The number of hydrogen-bond donors (Lipinski definition) is 4. The summed E-state index contributed by atoms with van der Waals surface area (Å²) in [4.78, 5) is 36.2. The topological polar surface area (TPSA) is 173 Å². The van der Waals surface area contributed by atoms with Crippen molar-refractivity contribution in [3.05, 3.63) is 69.8 Å². The van der Waals surface area contributed by atoms with E-state index in [9.17, 15) is 29.7 Å². The third-order valence-electron chi connectivity index (χ3n) is 9.91. The largest absolute Gasteiger partial charge is 0.467 e. The molecule has 0 spiro atoms. The Kier molecular flexibility index (Phi) is 17.0. The van der Waals surface area contributed by atoms with Gasteiger partial charge in [0.15, 0.2) is 0 Å². The first-order valence-corrected chi connectivity index (χ1v) is 18.6. The average Bonchev–Trinajstić information content (AvgIpc) is 3.87. The van der Waals surface area contributed by atoms with E-state index in [-0.39, 0.29) is 56.6 Å². The van der Waals surface area contributed by atoms with Crippen LogP contribution in [-0.2, 0) is 44.6 Å². The maximum Gasteiger partial charge on any atom is 0.309 e. The van der Waals surface area contributed by atoms with Crippen molar-refractivity contribution in [2.24, 2.45) is 11.8 Å². The molecular formula is C39H55Cl2NO11. The molecule has 0 aromatic heterocycles. The lowest BCUT2D eigenvalue weighted by Gasteiger charge is -2.33. The highest BCUT2D eigenvalue weighted by molar-refractivity contribution is 6.42. The molecule has 1 aromatic rings. The van der Waals surface area contributed by atoms with Crippen molar-refractivity contribution in [1.82, 2.24) is 5.32 Å². The zero-order chi connectivity index (χ0) is 39.5. The van der Waals surface area contributed by atoms with E-state index in [1.165, 1.54) is 19.9 Å². The number of hydrogen-bond acceptors (Lipinski definition) is 12. The van der Waals surface area contributed by atoms with Gasteiger partial charge in [0.1, 0.15) is 30.5 Å². The van der Waals surface area contributed by atoms with Gasteiger partial charge in [0.2, 0.25) is 0 Å². The summed E-state index contributed by atoms with van der Waals surface area (Å²) >= 11 is 12.4. The molecule has 0 radical (unpaired) electrons. The lowest BCUT2D eigenvalue weighted by molar-refractivity contribution is -0.157. The van der Waals surface area contributed by atoms with E-state index in [1.807, 2.05) is 13.0 Å². The van der Waals surface area contributed by atoms with E-state index in [1.54, 1.807) is 57.4 Å². The second-order valence-electron chi connectivity index (χ2n) is 14.4. The molecule has 296 valence electrons. The van der Waals surface area contributed by atoms with Crippen molar-refractivity contribution in [3.8, 4) is 0 Å². The lowest BCUT2D eigenvalue weighted by Crippen LogP contribution is -2.52. The molecule has 1 saturated heterocycles. The Bertz CT molecular complexity index is 1470. The number of benzene rings is 1. The summed E-state index contributed by atoms with van der Waals surface area (Å²) in [5, 5.41) is 38.0. The van der Waals surface area contributed by atoms with E-state index in [0.717, 1.165) is 12.0 Å². The monoisotopic (exact) mass is 783 g/mol. The molecule has 0 bridgehead atoms. The van der Waals surface area contributed by atoms with Crippen molar-refractivity contribution in [2.75, 3.05) is 13.7 Å². The number of allylic oxidation sites excluding steroid dienone is 2. The summed E-state index contributed by atoms with van der Waals surface area (Å²) in [5.74, 6) is -2.06. The number of cyclic esters (lactones) is 1. The Labute approximate surface area is 322 Å². The number of ether oxygens (including phenoxy) is 5. The van der Waals surface area contributed by atoms with Gasteiger partial charge < -0.3 is 44.3 Å². The smallest absolute Gasteiger partial charge is 0.309 e. The van der Waals surface area contributed by atoms with Crippen LogP contribution in [0.1, 0.15) is 72.8 Å². The van der Waals surface area contributed by atoms with Gasteiger partial charge in [0.05, 0.1) is 52.3 Å². The molecular weight excluding hydrogens is 729 g/mol. The average molecular weight is 785 g/mol. The minimum atomic E-state index is -1.58. The molecule has 0 aliphatic carbocycles. The Morgan fingerprint density at radius 1 is 1.21 bits per heavy atom. The highest BCUT2D eigenvalue weighted by Crippen LogP contribution is 2.39. The van der Waals surface area contributed by atoms with Gasteiger partial charge >= 0.3 is 11.9 Å². The predicted molar refractivity (Wildman–Crippen MR) is 200 cm³/mol. The predicted octanol–water partition coefficient (Wildman–Crippen LogP) is 5.02. The zero-order valence-corrected chi connectivity index (χ0v) is 33.0. The second-order valence-corrected chi connectivity index (χ2v) is 15.2. The maximum absolute atomic E-state index is 13.0. The van der Waals surface area contributed by atoms with Gasteiger partial charge in [-0.1, -0.05) is 67.4 Å². The van der Waals surface area contributed by atoms with Crippen molar-refractivity contribution in [1.29, 1.82) is 0 Å². The van der Waals surface area contributed by atoms with Crippen molar-refractivity contribution in [3.63, 3.8) is 0 Å². The number of epoxide rings is 1. The van der Waals surface area contributed by atoms with Crippen LogP contribution in [0.15, 0.2) is 54.2 Å². The van der Waals surface area contributed by atoms with Crippen LogP contribution >= 0.6 is 23.2 Å². The van der Waals surface area contributed by atoms with Gasteiger partial charge in [-0.25, -0.2) is 0 Å². The second kappa shape index (κ2) is 20.2. The lowest BCUT2D eigenvalue weighted by atomic mass is 9.87. The molecule has 12 nitrogen and oxygen atoms in total. The van der Waals surface area contributed by atoms with Crippen LogP contribution in [-0.4, -0.2) is 101 Å². The number of aliphatic hydroxyl groups excluding tert-OH is 1. The number of halogens is 2. The fourth-order valence-corrected chi connectivity index (χ4v) is 7.03. The van der Waals surface area contributed by atoms with Crippen LogP contribution in [0, 0.1) is 11.8 Å². The molecule has 4 N–H and O–H groups in total. The van der Waals surface area contributed by atoms with Crippen LogP contribution < -0.4 is 5.32 Å². The molecule has 2 aliphatic rings. The van der Waals surface area contributed by atoms with Crippen molar-refractivity contribution < 1.29 is 53.4 Å². The van der Waals surface area contributed by atoms with Crippen molar-refractivity contribution in [2.45, 2.75) is 128 Å². The molecule has 0 saturated carbocycles. The number of esters is 2.